The van der Waals surface area contributed by atoms with Crippen LogP contribution in [0.15, 0.2) is 22.7 Å². The average molecular weight is 287 g/mol. The van der Waals surface area contributed by atoms with Crippen LogP contribution in [0, 0.1) is 0 Å². The van der Waals surface area contributed by atoms with Crippen LogP contribution in [-0.2, 0) is 11.3 Å². The molecule has 2 N–H and O–H groups in total. The van der Waals surface area contributed by atoms with Gasteiger partial charge in [-0.05, 0) is 18.6 Å². The Labute approximate surface area is 106 Å². The summed E-state index contributed by atoms with van der Waals surface area (Å²) in [5.41, 5.74) is 8.11. The third-order valence-corrected chi connectivity index (χ3v) is 3.29. The van der Waals surface area contributed by atoms with Gasteiger partial charge < -0.3 is 15.4 Å². The van der Waals surface area contributed by atoms with Gasteiger partial charge in [-0.25, -0.2) is 0 Å². The first-order valence-electron chi connectivity index (χ1n) is 5.38. The molecule has 0 spiro atoms. The highest BCUT2D eigenvalue weighted by atomic mass is 79.9. The van der Waals surface area contributed by atoms with E-state index >= 15 is 0 Å². The lowest BCUT2D eigenvalue weighted by molar-refractivity contribution is 0.196. The van der Waals surface area contributed by atoms with Crippen LogP contribution in [0.4, 0.5) is 5.69 Å². The molecule has 0 aliphatic rings. The molecule has 0 saturated heterocycles. The molecular formula is C12H19BrN2O. The van der Waals surface area contributed by atoms with Gasteiger partial charge in [-0.15, -0.1) is 0 Å². The molecule has 16 heavy (non-hydrogen) atoms. The molecule has 0 saturated carbocycles. The topological polar surface area (TPSA) is 38.5 Å². The van der Waals surface area contributed by atoms with Gasteiger partial charge in [0.05, 0.1) is 0 Å². The average Bonchev–Trinajstić information content (AvgIpc) is 2.29. The van der Waals surface area contributed by atoms with Crippen LogP contribution < -0.4 is 10.6 Å². The lowest BCUT2D eigenvalue weighted by Crippen LogP contribution is -2.21. The SMILES string of the molecule is COCCCN(C)c1cccc(Br)c1CN. The minimum absolute atomic E-state index is 0.547. The Balaban J connectivity index is 2.74. The zero-order valence-corrected chi connectivity index (χ0v) is 11.5. The molecule has 1 aromatic carbocycles. The summed E-state index contributed by atoms with van der Waals surface area (Å²) in [6, 6.07) is 6.15. The van der Waals surface area contributed by atoms with Crippen LogP contribution in [0.5, 0.6) is 0 Å². The number of rotatable bonds is 6. The van der Waals surface area contributed by atoms with E-state index in [4.69, 9.17) is 10.5 Å². The zero-order chi connectivity index (χ0) is 12.0. The van der Waals surface area contributed by atoms with Gasteiger partial charge in [-0.2, -0.15) is 0 Å². The summed E-state index contributed by atoms with van der Waals surface area (Å²) in [6.45, 7) is 2.30. The molecule has 0 fully saturated rings. The first-order chi connectivity index (χ1) is 7.70. The third kappa shape index (κ3) is 3.47. The maximum absolute atomic E-state index is 5.76. The first kappa shape index (κ1) is 13.5. The van der Waals surface area contributed by atoms with Crippen LogP contribution in [-0.4, -0.2) is 27.3 Å². The molecule has 1 rings (SSSR count). The number of anilines is 1. The molecule has 0 radical (unpaired) electrons. The Bertz CT molecular complexity index is 331. The van der Waals surface area contributed by atoms with Crippen molar-refractivity contribution in [3.63, 3.8) is 0 Å². The number of methoxy groups -OCH3 is 1. The maximum Gasteiger partial charge on any atom is 0.0479 e. The van der Waals surface area contributed by atoms with Crippen molar-refractivity contribution in [2.45, 2.75) is 13.0 Å². The van der Waals surface area contributed by atoms with Gasteiger partial charge in [0.25, 0.3) is 0 Å². The maximum atomic E-state index is 5.76. The van der Waals surface area contributed by atoms with E-state index in [-0.39, 0.29) is 0 Å². The molecule has 0 bridgehead atoms. The number of nitrogens with zero attached hydrogens (tertiary/aromatic N) is 1. The van der Waals surface area contributed by atoms with Crippen molar-refractivity contribution in [1.29, 1.82) is 0 Å². The van der Waals surface area contributed by atoms with E-state index in [0.717, 1.165) is 29.6 Å². The third-order valence-electron chi connectivity index (χ3n) is 2.55. The highest BCUT2D eigenvalue weighted by Gasteiger charge is 2.08. The Morgan fingerprint density at radius 3 is 2.81 bits per heavy atom. The quantitative estimate of drug-likeness (QED) is 0.816. The normalized spacial score (nSPS) is 10.5. The predicted molar refractivity (Wildman–Crippen MR) is 71.8 cm³/mol. The predicted octanol–water partition coefficient (Wildman–Crippen LogP) is 2.38. The smallest absolute Gasteiger partial charge is 0.0479 e. The Morgan fingerprint density at radius 2 is 2.19 bits per heavy atom. The van der Waals surface area contributed by atoms with E-state index in [1.165, 1.54) is 5.69 Å². The minimum Gasteiger partial charge on any atom is -0.385 e. The molecule has 3 nitrogen and oxygen atoms in total. The van der Waals surface area contributed by atoms with Crippen LogP contribution in [0.25, 0.3) is 0 Å². The lowest BCUT2D eigenvalue weighted by Gasteiger charge is -2.22. The van der Waals surface area contributed by atoms with Gasteiger partial charge >= 0.3 is 0 Å². The fourth-order valence-electron chi connectivity index (χ4n) is 1.67. The van der Waals surface area contributed by atoms with Gasteiger partial charge in [0, 0.05) is 49.6 Å². The monoisotopic (exact) mass is 286 g/mol. The van der Waals surface area contributed by atoms with Crippen molar-refractivity contribution in [3.8, 4) is 0 Å². The molecule has 90 valence electrons. The molecule has 0 amide bonds. The molecule has 0 aliphatic heterocycles. The first-order valence-corrected chi connectivity index (χ1v) is 6.17. The van der Waals surface area contributed by atoms with Crippen molar-refractivity contribution in [1.82, 2.24) is 0 Å². The highest BCUT2D eigenvalue weighted by molar-refractivity contribution is 9.10. The molecule has 0 aliphatic carbocycles. The highest BCUT2D eigenvalue weighted by Crippen LogP contribution is 2.26. The minimum atomic E-state index is 0.547. The van der Waals surface area contributed by atoms with Gasteiger partial charge in [0.15, 0.2) is 0 Å². The summed E-state index contributed by atoms with van der Waals surface area (Å²) < 4.78 is 6.12. The van der Waals surface area contributed by atoms with E-state index < -0.39 is 0 Å². The van der Waals surface area contributed by atoms with Gasteiger partial charge in [0.1, 0.15) is 0 Å². The number of ether oxygens (including phenoxy) is 1. The van der Waals surface area contributed by atoms with E-state index in [2.05, 4.69) is 33.9 Å². The van der Waals surface area contributed by atoms with Crippen molar-refractivity contribution in [3.05, 3.63) is 28.2 Å². The van der Waals surface area contributed by atoms with Crippen molar-refractivity contribution < 1.29 is 4.74 Å². The van der Waals surface area contributed by atoms with Crippen LogP contribution in [0.1, 0.15) is 12.0 Å². The molecule has 0 aromatic heterocycles. The Morgan fingerprint density at radius 1 is 1.44 bits per heavy atom. The van der Waals surface area contributed by atoms with E-state index in [1.807, 2.05) is 12.1 Å². The van der Waals surface area contributed by atoms with Crippen LogP contribution in [0.2, 0.25) is 0 Å². The van der Waals surface area contributed by atoms with Gasteiger partial charge in [0.2, 0.25) is 0 Å². The second kappa shape index (κ2) is 6.89. The number of benzene rings is 1. The van der Waals surface area contributed by atoms with Crippen molar-refractivity contribution in [2.24, 2.45) is 5.73 Å². The Hall–Kier alpha value is -0.580. The van der Waals surface area contributed by atoms with Crippen molar-refractivity contribution in [2.75, 3.05) is 32.2 Å². The summed E-state index contributed by atoms with van der Waals surface area (Å²) in [7, 11) is 3.81. The summed E-state index contributed by atoms with van der Waals surface area (Å²) in [4.78, 5) is 2.21. The van der Waals surface area contributed by atoms with Gasteiger partial charge in [-0.3, -0.25) is 0 Å². The summed E-state index contributed by atoms with van der Waals surface area (Å²) in [5.74, 6) is 0. The molecule has 4 heteroatoms. The van der Waals surface area contributed by atoms with Gasteiger partial charge in [-0.1, -0.05) is 22.0 Å². The summed E-state index contributed by atoms with van der Waals surface area (Å²) >= 11 is 3.53. The second-order valence-electron chi connectivity index (χ2n) is 3.71. The number of hydrogen-bond acceptors (Lipinski definition) is 3. The fourth-order valence-corrected chi connectivity index (χ4v) is 2.19. The van der Waals surface area contributed by atoms with E-state index in [9.17, 15) is 0 Å². The summed E-state index contributed by atoms with van der Waals surface area (Å²) in [6.07, 6.45) is 1.02. The Kier molecular flexibility index (Phi) is 5.80. The van der Waals surface area contributed by atoms with E-state index in [0.29, 0.717) is 6.54 Å². The molecule has 1 aromatic rings. The van der Waals surface area contributed by atoms with Crippen molar-refractivity contribution >= 4 is 21.6 Å². The lowest BCUT2D eigenvalue weighted by atomic mass is 10.1. The second-order valence-corrected chi connectivity index (χ2v) is 4.56. The molecule has 0 atom stereocenters. The number of hydrogen-bond donors (Lipinski definition) is 1. The molecular weight excluding hydrogens is 268 g/mol. The number of nitrogens with two attached hydrogens (primary N) is 1. The molecule has 0 heterocycles. The number of halogens is 1. The zero-order valence-electron chi connectivity index (χ0n) is 9.87. The van der Waals surface area contributed by atoms with Crippen LogP contribution in [0.3, 0.4) is 0 Å². The fraction of sp³-hybridized carbons (Fsp3) is 0.500. The van der Waals surface area contributed by atoms with E-state index in [1.54, 1.807) is 7.11 Å². The standard InChI is InChI=1S/C12H19BrN2O/c1-15(7-4-8-16-2)12-6-3-5-11(13)10(12)9-14/h3,5-6H,4,7-9,14H2,1-2H3. The van der Waals surface area contributed by atoms with Crippen LogP contribution >= 0.6 is 15.9 Å². The molecule has 0 unspecified atom stereocenters. The largest absolute Gasteiger partial charge is 0.385 e. The summed E-state index contributed by atoms with van der Waals surface area (Å²) in [5, 5.41) is 0.